The number of halogens is 1. The minimum Gasteiger partial charge on any atom is -0.364 e. The summed E-state index contributed by atoms with van der Waals surface area (Å²) in [5, 5.41) is 3.13. The van der Waals surface area contributed by atoms with Gasteiger partial charge in [-0.3, -0.25) is 14.4 Å². The Bertz CT molecular complexity index is 1090. The van der Waals surface area contributed by atoms with E-state index < -0.39 is 11.8 Å². The number of nitrogens with zero attached hydrogens (tertiary/aromatic N) is 2. The predicted molar refractivity (Wildman–Crippen MR) is 110 cm³/mol. The van der Waals surface area contributed by atoms with Crippen molar-refractivity contribution in [2.45, 2.75) is 6.92 Å². The van der Waals surface area contributed by atoms with Crippen LogP contribution in [-0.2, 0) is 0 Å². The fourth-order valence-electron chi connectivity index (χ4n) is 2.69. The number of aryl methyl sites for hydroxylation is 1. The Morgan fingerprint density at radius 2 is 1.83 bits per heavy atom. The first-order valence-electron chi connectivity index (χ1n) is 8.56. The van der Waals surface area contributed by atoms with Gasteiger partial charge in [0.25, 0.3) is 17.7 Å². The van der Waals surface area contributed by atoms with E-state index in [1.807, 2.05) is 6.92 Å². The zero-order valence-corrected chi connectivity index (χ0v) is 16.4. The molecular weight excluding hydrogens is 394 g/mol. The number of hydrogen-bond donors (Lipinski definition) is 3. The largest absolute Gasteiger partial charge is 0.364 e. The second-order valence-electron chi connectivity index (χ2n) is 6.34. The van der Waals surface area contributed by atoms with Gasteiger partial charge in [0.05, 0.1) is 16.9 Å². The van der Waals surface area contributed by atoms with Crippen molar-refractivity contribution in [3.8, 4) is 0 Å². The van der Waals surface area contributed by atoms with E-state index in [1.54, 1.807) is 49.5 Å². The summed E-state index contributed by atoms with van der Waals surface area (Å²) in [7, 11) is 1.54. The van der Waals surface area contributed by atoms with Gasteiger partial charge in [0.2, 0.25) is 0 Å². The van der Waals surface area contributed by atoms with Crippen LogP contribution in [0.25, 0.3) is 0 Å². The summed E-state index contributed by atoms with van der Waals surface area (Å²) in [4.78, 5) is 44.1. The molecule has 8 nitrogen and oxygen atoms in total. The summed E-state index contributed by atoms with van der Waals surface area (Å²) in [5.74, 6) is -1.61. The molecule has 3 aromatic rings. The average molecular weight is 412 g/mol. The number of imidazole rings is 1. The van der Waals surface area contributed by atoms with Crippen LogP contribution in [0.1, 0.15) is 36.9 Å². The van der Waals surface area contributed by atoms with Gasteiger partial charge < -0.3 is 20.9 Å². The van der Waals surface area contributed by atoms with Crippen molar-refractivity contribution in [1.29, 1.82) is 0 Å². The predicted octanol–water partition coefficient (Wildman–Crippen LogP) is 3.00. The van der Waals surface area contributed by atoms with Gasteiger partial charge in [-0.25, -0.2) is 4.98 Å². The highest BCUT2D eigenvalue weighted by Crippen LogP contribution is 2.22. The third-order valence-electron chi connectivity index (χ3n) is 4.27. The maximum absolute atomic E-state index is 12.6. The van der Waals surface area contributed by atoms with Crippen LogP contribution < -0.4 is 16.0 Å². The van der Waals surface area contributed by atoms with E-state index in [1.165, 1.54) is 11.2 Å². The molecule has 3 rings (SSSR count). The number of nitrogens with two attached hydrogens (primary N) is 1. The van der Waals surface area contributed by atoms with Crippen LogP contribution in [0.15, 0.2) is 48.8 Å². The lowest BCUT2D eigenvalue weighted by Crippen LogP contribution is -2.29. The molecule has 0 spiro atoms. The SMILES string of the molecule is Cc1ccc(C(=O)Nc2ccc(N(C)C(=O)c3nc[nH]c3C(N)=O)cc2)c(Cl)c1. The normalized spacial score (nSPS) is 10.4. The fourth-order valence-corrected chi connectivity index (χ4v) is 3.01. The molecule has 2 aromatic carbocycles. The first-order valence-corrected chi connectivity index (χ1v) is 8.94. The highest BCUT2D eigenvalue weighted by molar-refractivity contribution is 6.34. The summed E-state index contributed by atoms with van der Waals surface area (Å²) < 4.78 is 0. The molecule has 0 saturated heterocycles. The number of amides is 3. The molecule has 1 heterocycles. The smallest absolute Gasteiger partial charge is 0.279 e. The van der Waals surface area contributed by atoms with Crippen LogP contribution in [-0.4, -0.2) is 34.7 Å². The number of primary amides is 1. The first-order chi connectivity index (χ1) is 13.8. The van der Waals surface area contributed by atoms with E-state index in [9.17, 15) is 14.4 Å². The second-order valence-corrected chi connectivity index (χ2v) is 6.75. The van der Waals surface area contributed by atoms with Gasteiger partial charge in [0, 0.05) is 18.4 Å². The number of nitrogens with one attached hydrogen (secondary N) is 2. The van der Waals surface area contributed by atoms with Crippen molar-refractivity contribution in [2.75, 3.05) is 17.3 Å². The standard InChI is InChI=1S/C20H18ClN5O3/c1-11-3-8-14(15(21)9-11)19(28)25-12-4-6-13(7-5-12)26(2)20(29)17-16(18(22)27)23-10-24-17/h3-10H,1-2H3,(H2,22,27)(H,23,24)(H,25,28). The molecule has 0 saturated carbocycles. The van der Waals surface area contributed by atoms with E-state index in [0.29, 0.717) is 22.0 Å². The zero-order chi connectivity index (χ0) is 21.1. The molecule has 0 aliphatic heterocycles. The van der Waals surface area contributed by atoms with Gasteiger partial charge in [0.15, 0.2) is 5.69 Å². The highest BCUT2D eigenvalue weighted by atomic mass is 35.5. The van der Waals surface area contributed by atoms with Gasteiger partial charge in [-0.1, -0.05) is 17.7 Å². The maximum atomic E-state index is 12.6. The van der Waals surface area contributed by atoms with Gasteiger partial charge in [-0.2, -0.15) is 0 Å². The van der Waals surface area contributed by atoms with E-state index in [2.05, 4.69) is 15.3 Å². The minimum atomic E-state index is -0.771. The summed E-state index contributed by atoms with van der Waals surface area (Å²) in [6.07, 6.45) is 1.23. The Morgan fingerprint density at radius 1 is 1.14 bits per heavy atom. The number of rotatable bonds is 5. The molecule has 3 amide bonds. The van der Waals surface area contributed by atoms with Crippen LogP contribution >= 0.6 is 11.6 Å². The Morgan fingerprint density at radius 3 is 2.45 bits per heavy atom. The number of anilines is 2. The molecule has 148 valence electrons. The number of carbonyl (C=O) groups is 3. The summed E-state index contributed by atoms with van der Waals surface area (Å²) in [6.45, 7) is 1.89. The van der Waals surface area contributed by atoms with E-state index >= 15 is 0 Å². The lowest BCUT2D eigenvalue weighted by Gasteiger charge is -2.17. The number of carbonyl (C=O) groups excluding carboxylic acids is 3. The lowest BCUT2D eigenvalue weighted by atomic mass is 10.1. The molecule has 0 radical (unpaired) electrons. The van der Waals surface area contributed by atoms with E-state index in [4.69, 9.17) is 17.3 Å². The van der Waals surface area contributed by atoms with Crippen molar-refractivity contribution < 1.29 is 14.4 Å². The summed E-state index contributed by atoms with van der Waals surface area (Å²) >= 11 is 6.13. The van der Waals surface area contributed by atoms with Crippen molar-refractivity contribution >= 4 is 40.7 Å². The second kappa shape index (κ2) is 8.15. The average Bonchev–Trinajstić information content (AvgIpc) is 3.17. The monoisotopic (exact) mass is 411 g/mol. The van der Waals surface area contributed by atoms with Crippen LogP contribution in [0.2, 0.25) is 5.02 Å². The molecule has 9 heteroatoms. The number of hydrogen-bond acceptors (Lipinski definition) is 4. The quantitative estimate of drug-likeness (QED) is 0.597. The third kappa shape index (κ3) is 4.27. The molecule has 1 aromatic heterocycles. The molecule has 0 aliphatic carbocycles. The number of aromatic amines is 1. The molecule has 4 N–H and O–H groups in total. The Hall–Kier alpha value is -3.65. The molecule has 0 aliphatic rings. The lowest BCUT2D eigenvalue weighted by molar-refractivity contribution is 0.0958. The van der Waals surface area contributed by atoms with E-state index in [0.717, 1.165) is 5.56 Å². The topological polar surface area (TPSA) is 121 Å². The first kappa shape index (κ1) is 20.1. The van der Waals surface area contributed by atoms with Gasteiger partial charge in [-0.05, 0) is 48.9 Å². The molecule has 0 bridgehead atoms. The summed E-state index contributed by atoms with van der Waals surface area (Å²) in [5.41, 5.74) is 7.52. The molecule has 0 fully saturated rings. The number of benzene rings is 2. The Kier molecular flexibility index (Phi) is 5.65. The van der Waals surface area contributed by atoms with Crippen LogP contribution in [0.4, 0.5) is 11.4 Å². The number of H-pyrrole nitrogens is 1. The van der Waals surface area contributed by atoms with Crippen LogP contribution in [0.3, 0.4) is 0 Å². The highest BCUT2D eigenvalue weighted by Gasteiger charge is 2.22. The molecule has 0 unspecified atom stereocenters. The third-order valence-corrected chi connectivity index (χ3v) is 4.59. The van der Waals surface area contributed by atoms with Gasteiger partial charge >= 0.3 is 0 Å². The van der Waals surface area contributed by atoms with Crippen molar-refractivity contribution in [1.82, 2.24) is 9.97 Å². The van der Waals surface area contributed by atoms with Crippen molar-refractivity contribution in [3.05, 3.63) is 76.3 Å². The molecule has 29 heavy (non-hydrogen) atoms. The van der Waals surface area contributed by atoms with Crippen molar-refractivity contribution in [3.63, 3.8) is 0 Å². The maximum Gasteiger partial charge on any atom is 0.279 e. The molecular formula is C20H18ClN5O3. The Balaban J connectivity index is 1.74. The van der Waals surface area contributed by atoms with Crippen molar-refractivity contribution in [2.24, 2.45) is 5.73 Å². The van der Waals surface area contributed by atoms with Gasteiger partial charge in [-0.15, -0.1) is 0 Å². The zero-order valence-electron chi connectivity index (χ0n) is 15.7. The molecule has 0 atom stereocenters. The fraction of sp³-hybridized carbons (Fsp3) is 0.100. The van der Waals surface area contributed by atoms with Crippen LogP contribution in [0.5, 0.6) is 0 Å². The van der Waals surface area contributed by atoms with Crippen LogP contribution in [0, 0.1) is 6.92 Å². The van der Waals surface area contributed by atoms with E-state index in [-0.39, 0.29) is 17.3 Å². The summed E-state index contributed by atoms with van der Waals surface area (Å²) in [6, 6.07) is 11.8. The Labute approximate surface area is 171 Å². The van der Waals surface area contributed by atoms with Gasteiger partial charge in [0.1, 0.15) is 5.69 Å². The minimum absolute atomic E-state index is 0.0549. The number of aromatic nitrogens is 2.